The number of aromatic amines is 1. The van der Waals surface area contributed by atoms with Crippen molar-refractivity contribution in [3.8, 4) is 11.4 Å². The van der Waals surface area contributed by atoms with Crippen LogP contribution < -0.4 is 10.0 Å². The zero-order valence-electron chi connectivity index (χ0n) is 15.8. The summed E-state index contributed by atoms with van der Waals surface area (Å²) in [6.07, 6.45) is 0. The summed E-state index contributed by atoms with van der Waals surface area (Å²) < 4.78 is 28.5. The van der Waals surface area contributed by atoms with Crippen molar-refractivity contribution >= 4 is 49.9 Å². The molecule has 0 fully saturated rings. The van der Waals surface area contributed by atoms with Gasteiger partial charge < -0.3 is 10.3 Å². The maximum Gasteiger partial charge on any atom is 0.261 e. The molecule has 1 amide bonds. The third kappa shape index (κ3) is 4.00. The number of benzene rings is 3. The van der Waals surface area contributed by atoms with Gasteiger partial charge >= 0.3 is 0 Å². The highest BCUT2D eigenvalue weighted by molar-refractivity contribution is 7.92. The van der Waals surface area contributed by atoms with E-state index in [9.17, 15) is 13.2 Å². The number of para-hydroxylation sites is 3. The molecule has 30 heavy (non-hydrogen) atoms. The molecule has 4 rings (SSSR count). The van der Waals surface area contributed by atoms with Crippen LogP contribution in [0.3, 0.4) is 0 Å². The number of hydrogen-bond donors (Lipinski definition) is 3. The zero-order chi connectivity index (χ0) is 21.3. The predicted octanol–water partition coefficient (Wildman–Crippen LogP) is 4.64. The largest absolute Gasteiger partial charge is 0.338 e. The molecule has 9 heteroatoms. The molecule has 0 unspecified atom stereocenters. The number of aromatic nitrogens is 2. The van der Waals surface area contributed by atoms with Crippen molar-refractivity contribution in [3.63, 3.8) is 0 Å². The van der Waals surface area contributed by atoms with E-state index in [1.807, 2.05) is 24.3 Å². The molecule has 3 N–H and O–H groups in total. The van der Waals surface area contributed by atoms with E-state index in [1.165, 1.54) is 25.1 Å². The van der Waals surface area contributed by atoms with E-state index in [-0.39, 0.29) is 15.8 Å². The molecule has 1 aromatic heterocycles. The van der Waals surface area contributed by atoms with Crippen molar-refractivity contribution in [1.29, 1.82) is 0 Å². The van der Waals surface area contributed by atoms with Crippen LogP contribution >= 0.6 is 11.6 Å². The third-order valence-electron chi connectivity index (χ3n) is 4.38. The molecule has 0 aliphatic carbocycles. The second kappa shape index (κ2) is 7.81. The SMILES string of the molecule is CC(=O)Nc1ccc(S(=O)(=O)Nc2ccccc2-c2nc3ccccc3[nH]2)cc1Cl. The van der Waals surface area contributed by atoms with Gasteiger partial charge in [0.25, 0.3) is 10.0 Å². The van der Waals surface area contributed by atoms with Gasteiger partial charge in [-0.1, -0.05) is 35.9 Å². The Morgan fingerprint density at radius 2 is 1.73 bits per heavy atom. The van der Waals surface area contributed by atoms with Gasteiger partial charge in [-0.25, -0.2) is 13.4 Å². The maximum atomic E-state index is 13.0. The average molecular weight is 441 g/mol. The first-order chi connectivity index (χ1) is 14.3. The van der Waals surface area contributed by atoms with Gasteiger partial charge in [-0.3, -0.25) is 9.52 Å². The summed E-state index contributed by atoms with van der Waals surface area (Å²) in [5.74, 6) is 0.249. The van der Waals surface area contributed by atoms with Crippen LogP contribution in [-0.4, -0.2) is 24.3 Å². The van der Waals surface area contributed by atoms with E-state index in [2.05, 4.69) is 20.0 Å². The number of anilines is 2. The van der Waals surface area contributed by atoms with Crippen LogP contribution in [-0.2, 0) is 14.8 Å². The van der Waals surface area contributed by atoms with Gasteiger partial charge in [-0.15, -0.1) is 0 Å². The Morgan fingerprint density at radius 1 is 1.00 bits per heavy atom. The predicted molar refractivity (Wildman–Crippen MR) is 118 cm³/mol. The summed E-state index contributed by atoms with van der Waals surface area (Å²) in [4.78, 5) is 18.9. The Hall–Kier alpha value is -3.36. The number of nitrogens with zero attached hydrogens (tertiary/aromatic N) is 1. The highest BCUT2D eigenvalue weighted by atomic mass is 35.5. The number of nitrogens with one attached hydrogen (secondary N) is 3. The molecule has 0 bridgehead atoms. The molecule has 0 radical (unpaired) electrons. The number of halogens is 1. The van der Waals surface area contributed by atoms with Gasteiger partial charge in [-0.05, 0) is 42.5 Å². The van der Waals surface area contributed by atoms with Gasteiger partial charge in [0.15, 0.2) is 0 Å². The van der Waals surface area contributed by atoms with Crippen molar-refractivity contribution in [2.45, 2.75) is 11.8 Å². The van der Waals surface area contributed by atoms with Crippen LogP contribution in [0, 0.1) is 0 Å². The molecule has 0 aliphatic rings. The van der Waals surface area contributed by atoms with Crippen LogP contribution in [0.2, 0.25) is 5.02 Å². The van der Waals surface area contributed by atoms with Crippen molar-refractivity contribution in [2.24, 2.45) is 0 Å². The Bertz CT molecular complexity index is 1330. The Kier molecular flexibility index (Phi) is 5.19. The average Bonchev–Trinajstić information content (AvgIpc) is 3.13. The standard InChI is InChI=1S/C21H17ClN4O3S/c1-13(27)23-18-11-10-14(12-16(18)22)30(28,29)26-17-7-3-2-6-15(17)21-24-19-8-4-5-9-20(19)25-21/h2-12,26H,1H3,(H,23,27)(H,24,25). The molecule has 0 saturated carbocycles. The summed E-state index contributed by atoms with van der Waals surface area (Å²) in [6, 6.07) is 18.7. The van der Waals surface area contributed by atoms with Gasteiger partial charge in [0, 0.05) is 12.5 Å². The van der Waals surface area contributed by atoms with Crippen LogP contribution in [0.1, 0.15) is 6.92 Å². The van der Waals surface area contributed by atoms with Crippen LogP contribution in [0.25, 0.3) is 22.4 Å². The molecule has 0 atom stereocenters. The number of fused-ring (bicyclic) bond motifs is 1. The molecule has 4 aromatic rings. The van der Waals surface area contributed by atoms with Crippen molar-refractivity contribution in [3.05, 3.63) is 71.8 Å². The lowest BCUT2D eigenvalue weighted by molar-refractivity contribution is -0.114. The molecule has 0 aliphatic heterocycles. The molecule has 152 valence electrons. The number of sulfonamides is 1. The summed E-state index contributed by atoms with van der Waals surface area (Å²) in [5, 5.41) is 2.67. The first kappa shape index (κ1) is 19.9. The maximum absolute atomic E-state index is 13.0. The molecule has 0 saturated heterocycles. The van der Waals surface area contributed by atoms with E-state index in [1.54, 1.807) is 24.3 Å². The molecule has 1 heterocycles. The molecular weight excluding hydrogens is 424 g/mol. The van der Waals surface area contributed by atoms with Crippen LogP contribution in [0.4, 0.5) is 11.4 Å². The second-order valence-electron chi connectivity index (χ2n) is 6.58. The topological polar surface area (TPSA) is 104 Å². The monoisotopic (exact) mass is 440 g/mol. The Balaban J connectivity index is 1.69. The fourth-order valence-corrected chi connectivity index (χ4v) is 4.41. The van der Waals surface area contributed by atoms with Gasteiger partial charge in [0.2, 0.25) is 5.91 Å². The minimum absolute atomic E-state index is 0.0268. The number of carbonyl (C=O) groups is 1. The van der Waals surface area contributed by atoms with Gasteiger partial charge in [-0.2, -0.15) is 0 Å². The van der Waals surface area contributed by atoms with E-state index in [4.69, 9.17) is 11.6 Å². The number of hydrogen-bond acceptors (Lipinski definition) is 4. The molecular formula is C21H17ClN4O3S. The number of imidazole rings is 1. The smallest absolute Gasteiger partial charge is 0.261 e. The highest BCUT2D eigenvalue weighted by Gasteiger charge is 2.19. The number of carbonyl (C=O) groups excluding carboxylic acids is 1. The lowest BCUT2D eigenvalue weighted by Gasteiger charge is -2.13. The first-order valence-electron chi connectivity index (χ1n) is 8.97. The van der Waals surface area contributed by atoms with Crippen LogP contribution in [0.5, 0.6) is 0 Å². The minimum atomic E-state index is -3.93. The Labute approximate surface area is 178 Å². The van der Waals surface area contributed by atoms with Gasteiger partial charge in [0.05, 0.1) is 32.3 Å². The zero-order valence-corrected chi connectivity index (χ0v) is 17.4. The van der Waals surface area contributed by atoms with Crippen molar-refractivity contribution in [2.75, 3.05) is 10.0 Å². The van der Waals surface area contributed by atoms with E-state index in [0.29, 0.717) is 22.8 Å². The highest BCUT2D eigenvalue weighted by Crippen LogP contribution is 2.31. The summed E-state index contributed by atoms with van der Waals surface area (Å²) >= 11 is 6.13. The van der Waals surface area contributed by atoms with E-state index in [0.717, 1.165) is 11.0 Å². The number of amides is 1. The lowest BCUT2D eigenvalue weighted by atomic mass is 10.2. The summed E-state index contributed by atoms with van der Waals surface area (Å²) in [5.41, 5.74) is 2.96. The molecule has 3 aromatic carbocycles. The number of H-pyrrole nitrogens is 1. The van der Waals surface area contributed by atoms with E-state index >= 15 is 0 Å². The quantitative estimate of drug-likeness (QED) is 0.420. The molecule has 0 spiro atoms. The summed E-state index contributed by atoms with van der Waals surface area (Å²) in [7, 11) is -3.93. The summed E-state index contributed by atoms with van der Waals surface area (Å²) in [6.45, 7) is 1.34. The molecule has 7 nitrogen and oxygen atoms in total. The third-order valence-corrected chi connectivity index (χ3v) is 6.05. The lowest BCUT2D eigenvalue weighted by Crippen LogP contribution is -2.14. The number of rotatable bonds is 5. The Morgan fingerprint density at radius 3 is 2.47 bits per heavy atom. The normalized spacial score (nSPS) is 11.4. The fourth-order valence-electron chi connectivity index (χ4n) is 3.02. The van der Waals surface area contributed by atoms with Crippen molar-refractivity contribution < 1.29 is 13.2 Å². The second-order valence-corrected chi connectivity index (χ2v) is 8.67. The minimum Gasteiger partial charge on any atom is -0.338 e. The fraction of sp³-hybridized carbons (Fsp3) is 0.0476. The van der Waals surface area contributed by atoms with Crippen molar-refractivity contribution in [1.82, 2.24) is 9.97 Å². The van der Waals surface area contributed by atoms with Gasteiger partial charge in [0.1, 0.15) is 5.82 Å². The van der Waals surface area contributed by atoms with E-state index < -0.39 is 10.0 Å². The first-order valence-corrected chi connectivity index (χ1v) is 10.8. The van der Waals surface area contributed by atoms with Crippen LogP contribution in [0.15, 0.2) is 71.6 Å².